The minimum Gasteiger partial charge on any atom is -0.444 e. The molecule has 0 unspecified atom stereocenters. The molecule has 1 aliphatic heterocycles. The molecule has 0 spiro atoms. The second-order valence-corrected chi connectivity index (χ2v) is 6.74. The lowest BCUT2D eigenvalue weighted by Gasteiger charge is -2.29. The minimum absolute atomic E-state index is 0.109. The van der Waals surface area contributed by atoms with Crippen molar-refractivity contribution in [3.8, 4) is 0 Å². The van der Waals surface area contributed by atoms with Crippen molar-refractivity contribution < 1.29 is 14.5 Å². The van der Waals surface area contributed by atoms with Crippen molar-refractivity contribution in [2.75, 3.05) is 13.1 Å². The molecule has 2 rings (SSSR count). The highest BCUT2D eigenvalue weighted by Crippen LogP contribution is 2.30. The number of nitro groups is 1. The van der Waals surface area contributed by atoms with Gasteiger partial charge in [-0.25, -0.2) is 4.79 Å². The Morgan fingerprint density at radius 1 is 1.39 bits per heavy atom. The number of nitrogens with zero attached hydrogens (tertiary/aromatic N) is 2. The SMILES string of the molecule is CC(C)(C)OC(=O)N1CC=C(c2ccc([N+](=O)[O-])c(Cl)c2)CC1. The Balaban J connectivity index is 2.09. The maximum absolute atomic E-state index is 12.0. The van der Waals surface area contributed by atoms with Gasteiger partial charge in [0.15, 0.2) is 0 Å². The van der Waals surface area contributed by atoms with Gasteiger partial charge in [-0.2, -0.15) is 0 Å². The molecule has 23 heavy (non-hydrogen) atoms. The molecule has 1 amide bonds. The Bertz CT molecular complexity index is 665. The highest BCUT2D eigenvalue weighted by atomic mass is 35.5. The van der Waals surface area contributed by atoms with Crippen LogP contribution >= 0.6 is 11.6 Å². The third-order valence-electron chi connectivity index (χ3n) is 3.38. The Hall–Kier alpha value is -2.08. The zero-order valence-corrected chi connectivity index (χ0v) is 14.1. The number of ether oxygens (including phenoxy) is 1. The first-order valence-corrected chi connectivity index (χ1v) is 7.66. The summed E-state index contributed by atoms with van der Waals surface area (Å²) >= 11 is 5.94. The summed E-state index contributed by atoms with van der Waals surface area (Å²) in [5.74, 6) is 0. The molecule has 0 saturated heterocycles. The van der Waals surface area contributed by atoms with Crippen molar-refractivity contribution in [1.82, 2.24) is 4.90 Å². The number of carbonyl (C=O) groups excluding carboxylic acids is 1. The predicted molar refractivity (Wildman–Crippen MR) is 88.5 cm³/mol. The first-order valence-electron chi connectivity index (χ1n) is 7.28. The maximum atomic E-state index is 12.0. The van der Waals surface area contributed by atoms with Gasteiger partial charge in [-0.3, -0.25) is 10.1 Å². The minimum atomic E-state index is -0.521. The lowest BCUT2D eigenvalue weighted by atomic mass is 9.99. The van der Waals surface area contributed by atoms with Crippen molar-refractivity contribution in [2.24, 2.45) is 0 Å². The van der Waals surface area contributed by atoms with E-state index in [4.69, 9.17) is 16.3 Å². The summed E-state index contributed by atoms with van der Waals surface area (Å²) in [4.78, 5) is 23.9. The third kappa shape index (κ3) is 4.45. The van der Waals surface area contributed by atoms with Gasteiger partial charge < -0.3 is 9.64 Å². The number of rotatable bonds is 2. The molecule has 0 fully saturated rings. The van der Waals surface area contributed by atoms with E-state index in [-0.39, 0.29) is 16.8 Å². The van der Waals surface area contributed by atoms with E-state index in [1.165, 1.54) is 6.07 Å². The molecule has 0 bridgehead atoms. The summed E-state index contributed by atoms with van der Waals surface area (Å²) in [5.41, 5.74) is 1.22. The highest BCUT2D eigenvalue weighted by molar-refractivity contribution is 6.32. The van der Waals surface area contributed by atoms with E-state index >= 15 is 0 Å². The van der Waals surface area contributed by atoms with Crippen molar-refractivity contribution in [3.05, 3.63) is 45.0 Å². The van der Waals surface area contributed by atoms with E-state index in [1.807, 2.05) is 26.8 Å². The van der Waals surface area contributed by atoms with Gasteiger partial charge in [-0.05, 0) is 50.5 Å². The number of nitro benzene ring substituents is 1. The summed E-state index contributed by atoms with van der Waals surface area (Å²) in [5, 5.41) is 10.9. The van der Waals surface area contributed by atoms with E-state index in [0.717, 1.165) is 11.1 Å². The molecule has 0 radical (unpaired) electrons. The van der Waals surface area contributed by atoms with Crippen LogP contribution in [-0.4, -0.2) is 34.6 Å². The summed E-state index contributed by atoms with van der Waals surface area (Å²) in [7, 11) is 0. The highest BCUT2D eigenvalue weighted by Gasteiger charge is 2.24. The van der Waals surface area contributed by atoms with Gasteiger partial charge in [0.2, 0.25) is 0 Å². The van der Waals surface area contributed by atoms with Crippen LogP contribution in [0, 0.1) is 10.1 Å². The van der Waals surface area contributed by atoms with Crippen molar-refractivity contribution in [2.45, 2.75) is 32.8 Å². The van der Waals surface area contributed by atoms with Crippen LogP contribution in [0.2, 0.25) is 5.02 Å². The quantitative estimate of drug-likeness (QED) is 0.596. The Labute approximate surface area is 139 Å². The summed E-state index contributed by atoms with van der Waals surface area (Å²) in [6, 6.07) is 4.67. The average Bonchev–Trinajstić information content (AvgIpc) is 2.45. The zero-order chi connectivity index (χ0) is 17.2. The fraction of sp³-hybridized carbons (Fsp3) is 0.438. The van der Waals surface area contributed by atoms with Crippen LogP contribution < -0.4 is 0 Å². The molecule has 124 valence electrons. The van der Waals surface area contributed by atoms with Crippen molar-refractivity contribution in [1.29, 1.82) is 0 Å². The fourth-order valence-corrected chi connectivity index (χ4v) is 2.53. The molecule has 0 aromatic heterocycles. The molecule has 6 nitrogen and oxygen atoms in total. The largest absolute Gasteiger partial charge is 0.444 e. The lowest BCUT2D eigenvalue weighted by molar-refractivity contribution is -0.384. The second-order valence-electron chi connectivity index (χ2n) is 6.33. The lowest BCUT2D eigenvalue weighted by Crippen LogP contribution is -2.39. The Kier molecular flexibility index (Phi) is 4.94. The molecule has 1 heterocycles. The zero-order valence-electron chi connectivity index (χ0n) is 13.3. The number of amides is 1. The maximum Gasteiger partial charge on any atom is 0.410 e. The topological polar surface area (TPSA) is 72.7 Å². The van der Waals surface area contributed by atoms with Crippen LogP contribution in [0.3, 0.4) is 0 Å². The molecule has 0 saturated carbocycles. The van der Waals surface area contributed by atoms with E-state index < -0.39 is 10.5 Å². The van der Waals surface area contributed by atoms with E-state index in [1.54, 1.807) is 17.0 Å². The standard InChI is InChI=1S/C16H19ClN2O4/c1-16(2,3)23-15(20)18-8-6-11(7-9-18)12-4-5-14(19(21)22)13(17)10-12/h4-6,10H,7-9H2,1-3H3. The van der Waals surface area contributed by atoms with Gasteiger partial charge in [0, 0.05) is 19.2 Å². The summed E-state index contributed by atoms with van der Waals surface area (Å²) in [6.45, 7) is 6.47. The number of benzene rings is 1. The van der Waals surface area contributed by atoms with Crippen LogP contribution in [-0.2, 0) is 4.74 Å². The first kappa shape index (κ1) is 17.3. The molecule has 0 N–H and O–H groups in total. The molecular weight excluding hydrogens is 320 g/mol. The van der Waals surface area contributed by atoms with Gasteiger partial charge in [-0.1, -0.05) is 17.7 Å². The fourth-order valence-electron chi connectivity index (χ4n) is 2.28. The molecule has 0 aliphatic carbocycles. The molecule has 1 aromatic rings. The Morgan fingerprint density at radius 2 is 2.09 bits per heavy atom. The smallest absolute Gasteiger partial charge is 0.410 e. The molecule has 1 aromatic carbocycles. The monoisotopic (exact) mass is 338 g/mol. The molecular formula is C16H19ClN2O4. The van der Waals surface area contributed by atoms with E-state index in [9.17, 15) is 14.9 Å². The number of carbonyl (C=O) groups is 1. The van der Waals surface area contributed by atoms with Crippen LogP contribution in [0.25, 0.3) is 5.57 Å². The summed E-state index contributed by atoms with van der Waals surface area (Å²) in [6.07, 6.45) is 2.23. The van der Waals surface area contributed by atoms with Crippen LogP contribution in [0.15, 0.2) is 24.3 Å². The third-order valence-corrected chi connectivity index (χ3v) is 3.68. The normalized spacial score (nSPS) is 15.1. The van der Waals surface area contributed by atoms with Gasteiger partial charge in [0.05, 0.1) is 4.92 Å². The van der Waals surface area contributed by atoms with Crippen LogP contribution in [0.5, 0.6) is 0 Å². The molecule has 7 heteroatoms. The Morgan fingerprint density at radius 3 is 2.57 bits per heavy atom. The van der Waals surface area contributed by atoms with Gasteiger partial charge in [0.25, 0.3) is 5.69 Å². The van der Waals surface area contributed by atoms with E-state index in [2.05, 4.69) is 0 Å². The number of halogens is 1. The van der Waals surface area contributed by atoms with Crippen LogP contribution in [0.4, 0.5) is 10.5 Å². The number of hydrogen-bond acceptors (Lipinski definition) is 4. The van der Waals surface area contributed by atoms with Crippen LogP contribution in [0.1, 0.15) is 32.8 Å². The van der Waals surface area contributed by atoms with Crippen molar-refractivity contribution >= 4 is 29.0 Å². The summed E-state index contributed by atoms with van der Waals surface area (Å²) < 4.78 is 5.34. The number of hydrogen-bond donors (Lipinski definition) is 0. The second kappa shape index (κ2) is 6.58. The van der Waals surface area contributed by atoms with E-state index in [0.29, 0.717) is 19.5 Å². The van der Waals surface area contributed by atoms with Gasteiger partial charge in [-0.15, -0.1) is 0 Å². The first-order chi connectivity index (χ1) is 10.7. The average molecular weight is 339 g/mol. The molecule has 1 aliphatic rings. The van der Waals surface area contributed by atoms with Gasteiger partial charge in [0.1, 0.15) is 10.6 Å². The van der Waals surface area contributed by atoms with Crippen molar-refractivity contribution in [3.63, 3.8) is 0 Å². The molecule has 0 atom stereocenters. The predicted octanol–water partition coefficient (Wildman–Crippen LogP) is 4.27. The van der Waals surface area contributed by atoms with Gasteiger partial charge >= 0.3 is 6.09 Å².